The van der Waals surface area contributed by atoms with Crippen LogP contribution in [0.1, 0.15) is 19.4 Å². The topological polar surface area (TPSA) is 43.8 Å². The molecule has 1 heterocycles. The van der Waals surface area contributed by atoms with E-state index < -0.39 is 5.97 Å². The van der Waals surface area contributed by atoms with Crippen LogP contribution in [-0.4, -0.2) is 48.7 Å². The van der Waals surface area contributed by atoms with Crippen LogP contribution in [0, 0.1) is 5.92 Å². The largest absolute Gasteiger partial charge is 0.481 e. The number of fused-ring (bicyclic) bond motifs is 1. The molecular weight excluding hydrogens is 252 g/mol. The Morgan fingerprint density at radius 2 is 2.05 bits per heavy atom. The number of hydrogen-bond donors (Lipinski definition) is 1. The van der Waals surface area contributed by atoms with Gasteiger partial charge in [-0.2, -0.15) is 0 Å². The standard InChI is InChI=1S/C16H24N2O2/c1-3-17(4-2)9-10-18-12-14(16(19)20)11-13-7-5-6-8-15(13)18/h5-8,14H,3-4,9-12H2,1-2H3,(H,19,20). The summed E-state index contributed by atoms with van der Waals surface area (Å²) in [7, 11) is 0. The first-order chi connectivity index (χ1) is 9.65. The lowest BCUT2D eigenvalue weighted by molar-refractivity contribution is -0.141. The number of rotatable bonds is 6. The molecule has 1 N–H and O–H groups in total. The quantitative estimate of drug-likeness (QED) is 0.864. The average Bonchev–Trinajstić information content (AvgIpc) is 2.47. The van der Waals surface area contributed by atoms with Gasteiger partial charge in [0.25, 0.3) is 0 Å². The van der Waals surface area contributed by atoms with Crippen molar-refractivity contribution in [1.29, 1.82) is 0 Å². The van der Waals surface area contributed by atoms with E-state index in [0.717, 1.165) is 31.7 Å². The van der Waals surface area contributed by atoms with Gasteiger partial charge in [0.05, 0.1) is 5.92 Å². The first kappa shape index (κ1) is 14.9. The predicted octanol–water partition coefficient (Wildman–Crippen LogP) is 2.09. The van der Waals surface area contributed by atoms with Gasteiger partial charge in [0.15, 0.2) is 0 Å². The lowest BCUT2D eigenvalue weighted by atomic mass is 9.92. The smallest absolute Gasteiger partial charge is 0.308 e. The molecule has 4 heteroatoms. The van der Waals surface area contributed by atoms with Gasteiger partial charge < -0.3 is 14.9 Å². The molecule has 1 aliphatic rings. The summed E-state index contributed by atoms with van der Waals surface area (Å²) in [6, 6.07) is 8.18. The number of hydrogen-bond acceptors (Lipinski definition) is 3. The lowest BCUT2D eigenvalue weighted by Gasteiger charge is -2.35. The molecule has 0 amide bonds. The van der Waals surface area contributed by atoms with Gasteiger partial charge in [-0.3, -0.25) is 4.79 Å². The third-order valence-electron chi connectivity index (χ3n) is 4.17. The van der Waals surface area contributed by atoms with Crippen LogP contribution >= 0.6 is 0 Å². The van der Waals surface area contributed by atoms with Crippen molar-refractivity contribution in [1.82, 2.24) is 4.90 Å². The molecule has 1 aromatic carbocycles. The van der Waals surface area contributed by atoms with E-state index in [1.165, 1.54) is 5.69 Å². The maximum absolute atomic E-state index is 11.3. The number of nitrogens with zero attached hydrogens (tertiary/aromatic N) is 2. The van der Waals surface area contributed by atoms with Crippen LogP contribution in [0.15, 0.2) is 24.3 Å². The van der Waals surface area contributed by atoms with Crippen LogP contribution in [0.3, 0.4) is 0 Å². The Bertz CT molecular complexity index is 458. The SMILES string of the molecule is CCN(CC)CCN1CC(C(=O)O)Cc2ccccc21. The summed E-state index contributed by atoms with van der Waals surface area (Å²) >= 11 is 0. The highest BCUT2D eigenvalue weighted by atomic mass is 16.4. The molecule has 0 bridgehead atoms. The normalized spacial score (nSPS) is 18.1. The van der Waals surface area contributed by atoms with E-state index in [1.807, 2.05) is 12.1 Å². The Hall–Kier alpha value is -1.55. The zero-order chi connectivity index (χ0) is 14.5. The summed E-state index contributed by atoms with van der Waals surface area (Å²) in [6.45, 7) is 8.88. The van der Waals surface area contributed by atoms with Crippen molar-refractivity contribution in [3.8, 4) is 0 Å². The van der Waals surface area contributed by atoms with Gasteiger partial charge >= 0.3 is 5.97 Å². The van der Waals surface area contributed by atoms with E-state index in [-0.39, 0.29) is 5.92 Å². The minimum absolute atomic E-state index is 0.290. The number of aliphatic carboxylic acids is 1. The van der Waals surface area contributed by atoms with Crippen molar-refractivity contribution in [2.75, 3.05) is 37.6 Å². The van der Waals surface area contributed by atoms with E-state index in [1.54, 1.807) is 0 Å². The average molecular weight is 276 g/mol. The minimum Gasteiger partial charge on any atom is -0.481 e. The number of para-hydroxylation sites is 1. The van der Waals surface area contributed by atoms with Crippen molar-refractivity contribution >= 4 is 11.7 Å². The predicted molar refractivity (Wildman–Crippen MR) is 81.3 cm³/mol. The van der Waals surface area contributed by atoms with E-state index in [4.69, 9.17) is 0 Å². The molecule has 0 aliphatic carbocycles. The monoisotopic (exact) mass is 276 g/mol. The first-order valence-corrected chi connectivity index (χ1v) is 7.43. The lowest BCUT2D eigenvalue weighted by Crippen LogP contribution is -2.43. The van der Waals surface area contributed by atoms with E-state index >= 15 is 0 Å². The van der Waals surface area contributed by atoms with Crippen molar-refractivity contribution in [3.05, 3.63) is 29.8 Å². The second-order valence-corrected chi connectivity index (χ2v) is 5.34. The van der Waals surface area contributed by atoms with Gasteiger partial charge in [-0.05, 0) is 31.1 Å². The molecule has 0 spiro atoms. The molecule has 0 fully saturated rings. The maximum atomic E-state index is 11.3. The number of anilines is 1. The molecule has 0 radical (unpaired) electrons. The van der Waals surface area contributed by atoms with Crippen LogP contribution in [0.2, 0.25) is 0 Å². The summed E-state index contributed by atoms with van der Waals surface area (Å²) in [5.74, 6) is -0.978. The van der Waals surface area contributed by atoms with E-state index in [0.29, 0.717) is 13.0 Å². The molecule has 20 heavy (non-hydrogen) atoms. The van der Waals surface area contributed by atoms with Gasteiger partial charge in [0.1, 0.15) is 0 Å². The van der Waals surface area contributed by atoms with Crippen LogP contribution in [-0.2, 0) is 11.2 Å². The number of carboxylic acid groups (broad SMARTS) is 1. The van der Waals surface area contributed by atoms with Gasteiger partial charge in [0.2, 0.25) is 0 Å². The van der Waals surface area contributed by atoms with Gasteiger partial charge in [-0.15, -0.1) is 0 Å². The fraction of sp³-hybridized carbons (Fsp3) is 0.562. The zero-order valence-electron chi connectivity index (χ0n) is 12.4. The Balaban J connectivity index is 2.12. The first-order valence-electron chi connectivity index (χ1n) is 7.43. The highest BCUT2D eigenvalue weighted by Gasteiger charge is 2.28. The molecule has 1 aromatic rings. The summed E-state index contributed by atoms with van der Waals surface area (Å²) in [6.07, 6.45) is 0.646. The van der Waals surface area contributed by atoms with Gasteiger partial charge in [-0.1, -0.05) is 32.0 Å². The van der Waals surface area contributed by atoms with Crippen LogP contribution in [0.25, 0.3) is 0 Å². The number of carbonyl (C=O) groups is 1. The van der Waals surface area contributed by atoms with Crippen molar-refractivity contribution < 1.29 is 9.90 Å². The summed E-state index contributed by atoms with van der Waals surface area (Å²) in [5, 5.41) is 9.31. The highest BCUT2D eigenvalue weighted by Crippen LogP contribution is 2.29. The summed E-state index contributed by atoms with van der Waals surface area (Å²) < 4.78 is 0. The van der Waals surface area contributed by atoms with Crippen molar-refractivity contribution in [3.63, 3.8) is 0 Å². The van der Waals surface area contributed by atoms with E-state index in [9.17, 15) is 9.90 Å². The molecule has 110 valence electrons. The molecule has 0 saturated carbocycles. The van der Waals surface area contributed by atoms with Crippen LogP contribution in [0.4, 0.5) is 5.69 Å². The molecule has 1 aliphatic heterocycles. The summed E-state index contributed by atoms with van der Waals surface area (Å²) in [5.41, 5.74) is 2.36. The van der Waals surface area contributed by atoms with Gasteiger partial charge in [-0.25, -0.2) is 0 Å². The maximum Gasteiger partial charge on any atom is 0.308 e. The fourth-order valence-electron chi connectivity index (χ4n) is 2.87. The zero-order valence-corrected chi connectivity index (χ0v) is 12.4. The molecule has 0 aromatic heterocycles. The van der Waals surface area contributed by atoms with Crippen LogP contribution in [0.5, 0.6) is 0 Å². The van der Waals surface area contributed by atoms with Crippen molar-refractivity contribution in [2.24, 2.45) is 5.92 Å². The third kappa shape index (κ3) is 3.31. The second-order valence-electron chi connectivity index (χ2n) is 5.34. The number of likely N-dealkylation sites (N-methyl/N-ethyl adjacent to an activating group) is 1. The van der Waals surface area contributed by atoms with E-state index in [2.05, 4.69) is 35.8 Å². The molecule has 1 atom stereocenters. The van der Waals surface area contributed by atoms with Crippen molar-refractivity contribution in [2.45, 2.75) is 20.3 Å². The minimum atomic E-state index is -0.688. The highest BCUT2D eigenvalue weighted by molar-refractivity contribution is 5.73. The molecule has 1 unspecified atom stereocenters. The Labute approximate surface area is 121 Å². The molecule has 4 nitrogen and oxygen atoms in total. The van der Waals surface area contributed by atoms with Crippen LogP contribution < -0.4 is 4.90 Å². The fourth-order valence-corrected chi connectivity index (χ4v) is 2.87. The Morgan fingerprint density at radius 1 is 1.35 bits per heavy atom. The molecule has 2 rings (SSSR count). The molecule has 0 saturated heterocycles. The molecular formula is C16H24N2O2. The number of benzene rings is 1. The second kappa shape index (κ2) is 6.75. The Kier molecular flexibility index (Phi) is 5.01. The van der Waals surface area contributed by atoms with Gasteiger partial charge in [0, 0.05) is 25.3 Å². The number of carboxylic acids is 1. The Morgan fingerprint density at radius 3 is 2.70 bits per heavy atom. The third-order valence-corrected chi connectivity index (χ3v) is 4.17. The summed E-state index contributed by atoms with van der Waals surface area (Å²) in [4.78, 5) is 15.9.